The van der Waals surface area contributed by atoms with Gasteiger partial charge in [0.1, 0.15) is 5.75 Å². The highest BCUT2D eigenvalue weighted by atomic mass is 32.2. The van der Waals surface area contributed by atoms with Gasteiger partial charge in [-0.15, -0.1) is 0 Å². The molecule has 1 N–H and O–H groups in total. The zero-order valence-corrected chi connectivity index (χ0v) is 19.0. The number of rotatable bonds is 7. The van der Waals surface area contributed by atoms with Gasteiger partial charge < -0.3 is 24.6 Å². The molecule has 0 aromatic heterocycles. The van der Waals surface area contributed by atoms with Crippen LogP contribution in [0.15, 0.2) is 29.3 Å². The maximum Gasteiger partial charge on any atom is 0.194 e. The van der Waals surface area contributed by atoms with Gasteiger partial charge in [0.05, 0.1) is 13.7 Å². The fraction of sp³-hybridized carbons (Fsp3) is 0.682. The van der Waals surface area contributed by atoms with Crippen molar-refractivity contribution in [2.45, 2.75) is 31.4 Å². The molecule has 0 bridgehead atoms. The van der Waals surface area contributed by atoms with Crippen LogP contribution in [0.4, 0.5) is 5.69 Å². The summed E-state index contributed by atoms with van der Waals surface area (Å²) in [7, 11) is 1.71. The Balaban J connectivity index is 1.61. The van der Waals surface area contributed by atoms with Gasteiger partial charge in [-0.1, -0.05) is 6.92 Å². The Bertz CT molecular complexity index is 633. The summed E-state index contributed by atoms with van der Waals surface area (Å²) in [6.07, 6.45) is 2.19. The van der Waals surface area contributed by atoms with Crippen molar-refractivity contribution in [2.75, 3.05) is 70.2 Å². The summed E-state index contributed by atoms with van der Waals surface area (Å²) >= 11 is 2.06. The van der Waals surface area contributed by atoms with Gasteiger partial charge in [0.2, 0.25) is 0 Å². The van der Waals surface area contributed by atoms with Gasteiger partial charge in [-0.25, -0.2) is 0 Å². The minimum absolute atomic E-state index is 0.235. The van der Waals surface area contributed by atoms with Crippen LogP contribution in [-0.4, -0.2) is 81.0 Å². The number of guanidine groups is 1. The number of nitrogens with one attached hydrogen (secondary N) is 1. The number of thioether (sulfide) groups is 1. The van der Waals surface area contributed by atoms with E-state index in [2.05, 4.69) is 52.9 Å². The molecule has 29 heavy (non-hydrogen) atoms. The highest BCUT2D eigenvalue weighted by Gasteiger charge is 2.33. The summed E-state index contributed by atoms with van der Waals surface area (Å²) in [6.45, 7) is 11.8. The predicted octanol–water partition coefficient (Wildman–Crippen LogP) is 3.09. The van der Waals surface area contributed by atoms with E-state index >= 15 is 0 Å². The first kappa shape index (κ1) is 22.1. The van der Waals surface area contributed by atoms with Crippen LogP contribution in [0.2, 0.25) is 0 Å². The lowest BCUT2D eigenvalue weighted by molar-refractivity contribution is 0.0792. The molecule has 0 radical (unpaired) electrons. The molecule has 2 aliphatic rings. The normalized spacial score (nSPS) is 19.9. The van der Waals surface area contributed by atoms with Crippen LogP contribution in [-0.2, 0) is 4.74 Å². The quantitative estimate of drug-likeness (QED) is 0.540. The number of hydrogen-bond acceptors (Lipinski definition) is 5. The number of nitrogens with zero attached hydrogens (tertiary/aromatic N) is 3. The van der Waals surface area contributed by atoms with E-state index in [4.69, 9.17) is 14.5 Å². The van der Waals surface area contributed by atoms with Crippen molar-refractivity contribution in [3.05, 3.63) is 24.3 Å². The van der Waals surface area contributed by atoms with Gasteiger partial charge in [-0.2, -0.15) is 11.8 Å². The SMILES string of the molecule is CCNC(=NCC1(SCC)CCOCC1)N1CCN(c2ccc(OC)cc2)CC1. The van der Waals surface area contributed by atoms with Crippen LogP contribution in [0.3, 0.4) is 0 Å². The van der Waals surface area contributed by atoms with Gasteiger partial charge in [0.15, 0.2) is 5.96 Å². The average molecular weight is 421 g/mol. The van der Waals surface area contributed by atoms with Crippen molar-refractivity contribution in [2.24, 2.45) is 4.99 Å². The van der Waals surface area contributed by atoms with E-state index in [1.165, 1.54) is 5.69 Å². The van der Waals surface area contributed by atoms with Crippen LogP contribution in [0, 0.1) is 0 Å². The molecule has 0 unspecified atom stereocenters. The molecule has 1 aromatic rings. The van der Waals surface area contributed by atoms with Gasteiger partial charge in [0, 0.05) is 56.4 Å². The van der Waals surface area contributed by atoms with E-state index in [1.807, 2.05) is 12.1 Å². The van der Waals surface area contributed by atoms with Crippen LogP contribution in [0.25, 0.3) is 0 Å². The first-order chi connectivity index (χ1) is 14.2. The van der Waals surface area contributed by atoms with Gasteiger partial charge in [-0.3, -0.25) is 4.99 Å². The lowest BCUT2D eigenvalue weighted by Gasteiger charge is -2.39. The summed E-state index contributed by atoms with van der Waals surface area (Å²) in [4.78, 5) is 9.94. The molecule has 0 spiro atoms. The third-order valence-corrected chi connectivity index (χ3v) is 7.16. The van der Waals surface area contributed by atoms with Gasteiger partial charge in [0.25, 0.3) is 0 Å². The molecule has 0 atom stereocenters. The lowest BCUT2D eigenvalue weighted by atomic mass is 9.99. The third-order valence-electron chi connectivity index (χ3n) is 5.72. The topological polar surface area (TPSA) is 49.3 Å². The summed E-state index contributed by atoms with van der Waals surface area (Å²) in [5, 5.41) is 3.52. The van der Waals surface area contributed by atoms with Crippen molar-refractivity contribution in [3.63, 3.8) is 0 Å². The minimum Gasteiger partial charge on any atom is -0.497 e. The fourth-order valence-corrected chi connectivity index (χ4v) is 5.24. The van der Waals surface area contributed by atoms with E-state index in [9.17, 15) is 0 Å². The molecule has 2 aliphatic heterocycles. The Hall–Kier alpha value is -1.60. The largest absolute Gasteiger partial charge is 0.497 e. The van der Waals surface area contributed by atoms with Crippen LogP contribution >= 0.6 is 11.8 Å². The molecule has 0 amide bonds. The molecular formula is C22H36N4O2S. The Morgan fingerprint density at radius 1 is 1.14 bits per heavy atom. The maximum absolute atomic E-state index is 5.61. The summed E-state index contributed by atoms with van der Waals surface area (Å²) < 4.78 is 11.1. The lowest BCUT2D eigenvalue weighted by Crippen LogP contribution is -2.53. The molecular weight excluding hydrogens is 384 g/mol. The number of aliphatic imine (C=N–C) groups is 1. The first-order valence-electron chi connectivity index (χ1n) is 10.8. The minimum atomic E-state index is 0.235. The highest BCUT2D eigenvalue weighted by Crippen LogP contribution is 2.35. The Kier molecular flexibility index (Phi) is 8.36. The molecule has 2 heterocycles. The van der Waals surface area contributed by atoms with Crippen molar-refractivity contribution < 1.29 is 9.47 Å². The molecule has 0 saturated carbocycles. The number of anilines is 1. The fourth-order valence-electron chi connectivity index (χ4n) is 4.01. The third kappa shape index (κ3) is 5.95. The standard InChI is InChI=1S/C22H36N4O2S/c1-4-23-21(24-18-22(29-5-2)10-16-28-17-11-22)26-14-12-25(13-15-26)19-6-8-20(27-3)9-7-19/h6-9H,4-5,10-18H2,1-3H3,(H,23,24). The smallest absolute Gasteiger partial charge is 0.194 e. The van der Waals surface area contributed by atoms with Crippen LogP contribution < -0.4 is 15.0 Å². The van der Waals surface area contributed by atoms with Crippen LogP contribution in [0.5, 0.6) is 5.75 Å². The molecule has 2 fully saturated rings. The number of hydrogen-bond donors (Lipinski definition) is 1. The number of ether oxygens (including phenoxy) is 2. The van der Waals surface area contributed by atoms with E-state index in [1.54, 1.807) is 7.11 Å². The second-order valence-electron chi connectivity index (χ2n) is 7.57. The van der Waals surface area contributed by atoms with E-state index in [0.29, 0.717) is 0 Å². The predicted molar refractivity (Wildman–Crippen MR) is 124 cm³/mol. The van der Waals surface area contributed by atoms with E-state index in [0.717, 1.165) is 82.8 Å². The van der Waals surface area contributed by atoms with Crippen molar-refractivity contribution in [3.8, 4) is 5.75 Å². The summed E-state index contributed by atoms with van der Waals surface area (Å²) in [6, 6.07) is 8.35. The highest BCUT2D eigenvalue weighted by molar-refractivity contribution is 8.00. The zero-order valence-electron chi connectivity index (χ0n) is 18.2. The molecule has 1 aromatic carbocycles. The van der Waals surface area contributed by atoms with E-state index < -0.39 is 0 Å². The molecule has 0 aliphatic carbocycles. The van der Waals surface area contributed by atoms with Crippen LogP contribution in [0.1, 0.15) is 26.7 Å². The first-order valence-corrected chi connectivity index (χ1v) is 11.8. The molecule has 3 rings (SSSR count). The summed E-state index contributed by atoms with van der Waals surface area (Å²) in [5.74, 6) is 3.09. The van der Waals surface area contributed by atoms with E-state index in [-0.39, 0.29) is 4.75 Å². The summed E-state index contributed by atoms with van der Waals surface area (Å²) in [5.41, 5.74) is 1.26. The Labute approximate surface area is 180 Å². The van der Waals surface area contributed by atoms with Crippen molar-refractivity contribution >= 4 is 23.4 Å². The maximum atomic E-state index is 5.61. The molecule has 162 valence electrons. The van der Waals surface area contributed by atoms with Gasteiger partial charge in [-0.05, 0) is 49.8 Å². The molecule has 2 saturated heterocycles. The molecule has 6 nitrogen and oxygen atoms in total. The van der Waals surface area contributed by atoms with Crippen molar-refractivity contribution in [1.82, 2.24) is 10.2 Å². The Morgan fingerprint density at radius 3 is 2.41 bits per heavy atom. The monoisotopic (exact) mass is 420 g/mol. The zero-order chi connectivity index (χ0) is 20.5. The molecule has 7 heteroatoms. The second-order valence-corrected chi connectivity index (χ2v) is 9.30. The number of methoxy groups -OCH3 is 1. The number of piperazine rings is 1. The Morgan fingerprint density at radius 2 is 1.83 bits per heavy atom. The van der Waals surface area contributed by atoms with Crippen molar-refractivity contribution in [1.29, 1.82) is 0 Å². The second kappa shape index (κ2) is 11.0. The number of benzene rings is 1. The average Bonchev–Trinajstić information content (AvgIpc) is 2.78. The van der Waals surface area contributed by atoms with Gasteiger partial charge >= 0.3 is 0 Å².